The molecule has 5 heteroatoms. The Balaban J connectivity index is 1.69. The summed E-state index contributed by atoms with van der Waals surface area (Å²) in [6.07, 6.45) is 3.55. The number of amides is 1. The average Bonchev–Trinajstić information content (AvgIpc) is 3.06. The molecule has 1 fully saturated rings. The number of thiophene rings is 1. The summed E-state index contributed by atoms with van der Waals surface area (Å²) in [6, 6.07) is 10.5. The van der Waals surface area contributed by atoms with E-state index in [4.69, 9.17) is 4.74 Å². The van der Waals surface area contributed by atoms with Gasteiger partial charge < -0.3 is 15.0 Å². The van der Waals surface area contributed by atoms with E-state index >= 15 is 0 Å². The van der Waals surface area contributed by atoms with E-state index in [0.29, 0.717) is 0 Å². The Bertz CT molecular complexity index is 746. The van der Waals surface area contributed by atoms with Gasteiger partial charge in [0.25, 0.3) is 0 Å². The standard InChI is InChI=1S/C21H26N2O2S/c1-16-3-5-18(6-4-16)19(15-23-10-12-25-13-11-23)22-21(24)8-7-20-17(2)9-14-26-20/h3-9,14,19H,10-13,15H2,1-2H3,(H,22,24)/p+1/b8-7+/t19-/m0/s1. The Morgan fingerprint density at radius 3 is 2.62 bits per heavy atom. The first-order valence-corrected chi connectivity index (χ1v) is 10.0. The third-order valence-corrected chi connectivity index (χ3v) is 5.76. The highest BCUT2D eigenvalue weighted by molar-refractivity contribution is 7.11. The molecule has 0 aliphatic carbocycles. The lowest BCUT2D eigenvalue weighted by Gasteiger charge is -2.28. The SMILES string of the molecule is Cc1ccc([C@H](C[NH+]2CCOCC2)NC(=O)/C=C/c2sccc2C)cc1. The average molecular weight is 372 g/mol. The summed E-state index contributed by atoms with van der Waals surface area (Å²) in [4.78, 5) is 15.1. The number of nitrogens with one attached hydrogen (secondary N) is 2. The molecule has 4 nitrogen and oxygen atoms in total. The lowest BCUT2D eigenvalue weighted by molar-refractivity contribution is -0.909. The van der Waals surface area contributed by atoms with Crippen LogP contribution in [0.4, 0.5) is 0 Å². The molecule has 1 aromatic heterocycles. The number of ether oxygens (including phenoxy) is 1. The highest BCUT2D eigenvalue weighted by Crippen LogP contribution is 2.17. The summed E-state index contributed by atoms with van der Waals surface area (Å²) in [7, 11) is 0. The summed E-state index contributed by atoms with van der Waals surface area (Å²) < 4.78 is 5.46. The van der Waals surface area contributed by atoms with E-state index in [-0.39, 0.29) is 11.9 Å². The minimum Gasteiger partial charge on any atom is -0.370 e. The van der Waals surface area contributed by atoms with E-state index < -0.39 is 0 Å². The molecular weight excluding hydrogens is 344 g/mol. The van der Waals surface area contributed by atoms with Crippen LogP contribution in [-0.4, -0.2) is 38.8 Å². The van der Waals surface area contributed by atoms with Gasteiger partial charge in [-0.2, -0.15) is 0 Å². The van der Waals surface area contributed by atoms with Crippen molar-refractivity contribution in [1.29, 1.82) is 0 Å². The smallest absolute Gasteiger partial charge is 0.244 e. The van der Waals surface area contributed by atoms with E-state index in [1.54, 1.807) is 17.4 Å². The molecule has 138 valence electrons. The van der Waals surface area contributed by atoms with Crippen molar-refractivity contribution in [1.82, 2.24) is 5.32 Å². The molecule has 1 aliphatic rings. The van der Waals surface area contributed by atoms with Crippen molar-refractivity contribution in [2.45, 2.75) is 19.9 Å². The molecule has 0 radical (unpaired) electrons. The van der Waals surface area contributed by atoms with E-state index in [1.807, 2.05) is 11.5 Å². The first-order chi connectivity index (χ1) is 12.6. The van der Waals surface area contributed by atoms with Gasteiger partial charge in [-0.15, -0.1) is 11.3 Å². The number of quaternary nitrogens is 1. The van der Waals surface area contributed by atoms with Gasteiger partial charge in [0.05, 0.1) is 13.2 Å². The van der Waals surface area contributed by atoms with Gasteiger partial charge >= 0.3 is 0 Å². The van der Waals surface area contributed by atoms with Gasteiger partial charge in [0, 0.05) is 11.0 Å². The molecule has 0 unspecified atom stereocenters. The topological polar surface area (TPSA) is 42.8 Å². The van der Waals surface area contributed by atoms with Crippen LogP contribution in [0.25, 0.3) is 6.08 Å². The number of rotatable bonds is 6. The molecule has 3 rings (SSSR count). The van der Waals surface area contributed by atoms with Crippen LogP contribution >= 0.6 is 11.3 Å². The zero-order valence-corrected chi connectivity index (χ0v) is 16.3. The molecule has 0 spiro atoms. The molecule has 1 saturated heterocycles. The second-order valence-electron chi connectivity index (χ2n) is 6.84. The fourth-order valence-corrected chi connectivity index (χ4v) is 3.95. The summed E-state index contributed by atoms with van der Waals surface area (Å²) in [5, 5.41) is 5.24. The number of benzene rings is 1. The monoisotopic (exact) mass is 371 g/mol. The minimum absolute atomic E-state index is 0.00489. The Hall–Kier alpha value is -1.95. The van der Waals surface area contributed by atoms with Crippen LogP contribution in [0.5, 0.6) is 0 Å². The Labute approximate surface area is 159 Å². The molecule has 0 bridgehead atoms. The van der Waals surface area contributed by atoms with Crippen molar-refractivity contribution < 1.29 is 14.4 Å². The summed E-state index contributed by atoms with van der Waals surface area (Å²) in [5.41, 5.74) is 3.58. The van der Waals surface area contributed by atoms with Gasteiger partial charge in [-0.05, 0) is 42.5 Å². The molecule has 1 atom stereocenters. The molecule has 26 heavy (non-hydrogen) atoms. The molecule has 2 heterocycles. The molecule has 2 N–H and O–H groups in total. The van der Waals surface area contributed by atoms with Crippen molar-refractivity contribution in [2.24, 2.45) is 0 Å². The molecular formula is C21H27N2O2S+. The fourth-order valence-electron chi connectivity index (χ4n) is 3.13. The maximum Gasteiger partial charge on any atom is 0.244 e. The number of aryl methyl sites for hydroxylation is 2. The number of carbonyl (C=O) groups is 1. The van der Waals surface area contributed by atoms with E-state index in [1.165, 1.54) is 16.0 Å². The second-order valence-corrected chi connectivity index (χ2v) is 7.79. The first-order valence-electron chi connectivity index (χ1n) is 9.12. The largest absolute Gasteiger partial charge is 0.370 e. The van der Waals surface area contributed by atoms with Crippen LogP contribution in [0.3, 0.4) is 0 Å². The fraction of sp³-hybridized carbons (Fsp3) is 0.381. The predicted octanol–water partition coefficient (Wildman–Crippen LogP) is 2.15. The molecule has 1 aliphatic heterocycles. The Kier molecular flexibility index (Phi) is 6.61. The van der Waals surface area contributed by atoms with Gasteiger partial charge in [-0.3, -0.25) is 4.79 Å². The van der Waals surface area contributed by atoms with E-state index in [9.17, 15) is 4.79 Å². The second kappa shape index (κ2) is 9.12. The number of hydrogen-bond acceptors (Lipinski definition) is 3. The van der Waals surface area contributed by atoms with Crippen molar-refractivity contribution in [3.8, 4) is 0 Å². The third kappa shape index (κ3) is 5.27. The van der Waals surface area contributed by atoms with Crippen LogP contribution in [0.15, 0.2) is 41.8 Å². The highest BCUT2D eigenvalue weighted by Gasteiger charge is 2.22. The first kappa shape index (κ1) is 18.8. The maximum atomic E-state index is 12.5. The summed E-state index contributed by atoms with van der Waals surface area (Å²) >= 11 is 1.65. The lowest BCUT2D eigenvalue weighted by Crippen LogP contribution is -3.14. The van der Waals surface area contributed by atoms with Gasteiger partial charge in [-0.1, -0.05) is 29.8 Å². The Morgan fingerprint density at radius 2 is 1.96 bits per heavy atom. The molecule has 1 amide bonds. The van der Waals surface area contributed by atoms with Crippen LogP contribution in [-0.2, 0) is 9.53 Å². The summed E-state index contributed by atoms with van der Waals surface area (Å²) in [6.45, 7) is 8.58. The third-order valence-electron chi connectivity index (χ3n) is 4.78. The van der Waals surface area contributed by atoms with Crippen molar-refractivity contribution in [3.63, 3.8) is 0 Å². The van der Waals surface area contributed by atoms with Gasteiger partial charge in [0.15, 0.2) is 0 Å². The maximum absolute atomic E-state index is 12.5. The predicted molar refractivity (Wildman–Crippen MR) is 107 cm³/mol. The van der Waals surface area contributed by atoms with Crippen LogP contribution < -0.4 is 10.2 Å². The van der Waals surface area contributed by atoms with E-state index in [0.717, 1.165) is 43.3 Å². The van der Waals surface area contributed by atoms with Gasteiger partial charge in [0.2, 0.25) is 5.91 Å². The van der Waals surface area contributed by atoms with E-state index in [2.05, 4.69) is 49.5 Å². The number of morpholine rings is 1. The molecule has 2 aromatic rings. The number of carbonyl (C=O) groups excluding carboxylic acids is 1. The summed E-state index contributed by atoms with van der Waals surface area (Å²) in [5.74, 6) is -0.0453. The molecule has 0 saturated carbocycles. The van der Waals surface area contributed by atoms with Crippen molar-refractivity contribution in [3.05, 3.63) is 63.4 Å². The van der Waals surface area contributed by atoms with Gasteiger partial charge in [0.1, 0.15) is 25.7 Å². The quantitative estimate of drug-likeness (QED) is 0.764. The molecule has 1 aromatic carbocycles. The normalized spacial score (nSPS) is 16.7. The highest BCUT2D eigenvalue weighted by atomic mass is 32.1. The minimum atomic E-state index is -0.0453. The van der Waals surface area contributed by atoms with Crippen LogP contribution in [0.2, 0.25) is 0 Å². The van der Waals surface area contributed by atoms with Crippen molar-refractivity contribution >= 4 is 23.3 Å². The zero-order chi connectivity index (χ0) is 18.4. The Morgan fingerprint density at radius 1 is 1.23 bits per heavy atom. The van der Waals surface area contributed by atoms with Crippen molar-refractivity contribution in [2.75, 3.05) is 32.8 Å². The van der Waals surface area contributed by atoms with Crippen LogP contribution in [0, 0.1) is 13.8 Å². The number of hydrogen-bond donors (Lipinski definition) is 2. The van der Waals surface area contributed by atoms with Crippen LogP contribution in [0.1, 0.15) is 27.6 Å². The lowest BCUT2D eigenvalue weighted by atomic mass is 10.0. The van der Waals surface area contributed by atoms with Gasteiger partial charge in [-0.25, -0.2) is 0 Å². The zero-order valence-electron chi connectivity index (χ0n) is 15.5.